The molecule has 29 heavy (non-hydrogen) atoms. The first-order valence-electron chi connectivity index (χ1n) is 10.9. The van der Waals surface area contributed by atoms with E-state index in [4.69, 9.17) is 4.74 Å². The quantitative estimate of drug-likeness (QED) is 0.761. The van der Waals surface area contributed by atoms with E-state index in [-0.39, 0.29) is 17.9 Å². The molecule has 2 fully saturated rings. The van der Waals surface area contributed by atoms with Gasteiger partial charge in [0.05, 0.1) is 13.7 Å². The summed E-state index contributed by atoms with van der Waals surface area (Å²) < 4.78 is 5.24. The highest BCUT2D eigenvalue weighted by atomic mass is 16.5. The molecule has 1 atom stereocenters. The van der Waals surface area contributed by atoms with Crippen molar-refractivity contribution in [3.8, 4) is 5.75 Å². The summed E-state index contributed by atoms with van der Waals surface area (Å²) in [5.41, 5.74) is 0.642. The van der Waals surface area contributed by atoms with Crippen LogP contribution in [-0.4, -0.2) is 79.4 Å². The van der Waals surface area contributed by atoms with Crippen molar-refractivity contribution in [2.24, 2.45) is 5.92 Å². The van der Waals surface area contributed by atoms with Gasteiger partial charge in [-0.15, -0.1) is 0 Å². The van der Waals surface area contributed by atoms with Gasteiger partial charge in [-0.1, -0.05) is 13.0 Å². The highest BCUT2D eigenvalue weighted by Gasteiger charge is 2.27. The summed E-state index contributed by atoms with van der Waals surface area (Å²) >= 11 is 0. The van der Waals surface area contributed by atoms with Crippen LogP contribution in [0.15, 0.2) is 24.3 Å². The molecular formula is C23H35N3O3. The second-order valence-electron chi connectivity index (χ2n) is 8.57. The molecule has 0 aliphatic carbocycles. The van der Waals surface area contributed by atoms with Crippen LogP contribution in [0.25, 0.3) is 0 Å². The first-order valence-corrected chi connectivity index (χ1v) is 10.9. The van der Waals surface area contributed by atoms with Gasteiger partial charge in [0.15, 0.2) is 0 Å². The van der Waals surface area contributed by atoms with Crippen LogP contribution in [-0.2, 0) is 4.79 Å². The minimum Gasteiger partial charge on any atom is -0.497 e. The summed E-state index contributed by atoms with van der Waals surface area (Å²) in [6.07, 6.45) is 5.06. The molecule has 2 aliphatic rings. The number of carbonyl (C=O) groups is 2. The van der Waals surface area contributed by atoms with Gasteiger partial charge in [0, 0.05) is 31.7 Å². The van der Waals surface area contributed by atoms with E-state index < -0.39 is 0 Å². The Morgan fingerprint density at radius 2 is 1.86 bits per heavy atom. The molecule has 0 unspecified atom stereocenters. The van der Waals surface area contributed by atoms with Crippen molar-refractivity contribution in [2.45, 2.75) is 45.1 Å². The summed E-state index contributed by atoms with van der Waals surface area (Å²) in [6, 6.07) is 7.45. The first kappa shape index (κ1) is 21.6. The van der Waals surface area contributed by atoms with Crippen LogP contribution in [0.3, 0.4) is 0 Å². The maximum absolute atomic E-state index is 12.9. The summed E-state index contributed by atoms with van der Waals surface area (Å²) in [7, 11) is 3.48. The summed E-state index contributed by atoms with van der Waals surface area (Å²) in [5.74, 6) is 1.71. The molecule has 1 aromatic carbocycles. The number of amides is 2. The lowest BCUT2D eigenvalue weighted by molar-refractivity contribution is -0.132. The summed E-state index contributed by atoms with van der Waals surface area (Å²) in [4.78, 5) is 31.8. The highest BCUT2D eigenvalue weighted by Crippen LogP contribution is 2.21. The van der Waals surface area contributed by atoms with Gasteiger partial charge in [0.1, 0.15) is 5.75 Å². The third kappa shape index (κ3) is 5.72. The van der Waals surface area contributed by atoms with Crippen molar-refractivity contribution in [3.63, 3.8) is 0 Å². The molecule has 2 heterocycles. The molecule has 160 valence electrons. The van der Waals surface area contributed by atoms with Gasteiger partial charge >= 0.3 is 0 Å². The van der Waals surface area contributed by atoms with Crippen LogP contribution in [0, 0.1) is 5.92 Å². The number of piperidine rings is 1. The van der Waals surface area contributed by atoms with Gasteiger partial charge in [-0.2, -0.15) is 0 Å². The molecule has 0 saturated carbocycles. The molecule has 0 spiro atoms. The number of methoxy groups -OCH3 is 1. The van der Waals surface area contributed by atoms with E-state index in [0.29, 0.717) is 17.9 Å². The molecule has 0 radical (unpaired) electrons. The van der Waals surface area contributed by atoms with Crippen LogP contribution >= 0.6 is 0 Å². The van der Waals surface area contributed by atoms with Crippen LogP contribution in [0.1, 0.15) is 49.4 Å². The van der Waals surface area contributed by atoms with Crippen molar-refractivity contribution < 1.29 is 14.3 Å². The van der Waals surface area contributed by atoms with Crippen LogP contribution in [0.5, 0.6) is 5.75 Å². The molecule has 0 aromatic heterocycles. The molecular weight excluding hydrogens is 366 g/mol. The minimum absolute atomic E-state index is 0.0103. The van der Waals surface area contributed by atoms with Crippen molar-refractivity contribution in [1.29, 1.82) is 0 Å². The highest BCUT2D eigenvalue weighted by molar-refractivity contribution is 5.94. The Balaban J connectivity index is 1.53. The molecule has 0 N–H and O–H groups in total. The van der Waals surface area contributed by atoms with Gasteiger partial charge in [-0.3, -0.25) is 14.5 Å². The molecule has 2 saturated heterocycles. The maximum Gasteiger partial charge on any atom is 0.253 e. The normalized spacial score (nSPS) is 21.5. The van der Waals surface area contributed by atoms with Gasteiger partial charge in [0.2, 0.25) is 5.91 Å². The lowest BCUT2D eigenvalue weighted by Crippen LogP contribution is -2.44. The van der Waals surface area contributed by atoms with Crippen molar-refractivity contribution in [1.82, 2.24) is 14.7 Å². The van der Waals surface area contributed by atoms with Gasteiger partial charge in [-0.05, 0) is 69.3 Å². The first-order chi connectivity index (χ1) is 14.0. The molecule has 2 aliphatic heterocycles. The lowest BCUT2D eigenvalue weighted by atomic mass is 9.99. The Hall–Kier alpha value is -2.08. The van der Waals surface area contributed by atoms with E-state index in [2.05, 4.69) is 11.8 Å². The smallest absolute Gasteiger partial charge is 0.253 e. The third-order valence-electron chi connectivity index (χ3n) is 6.47. The fourth-order valence-electron chi connectivity index (χ4n) is 4.35. The lowest BCUT2D eigenvalue weighted by Gasteiger charge is -2.32. The Kier molecular flexibility index (Phi) is 7.53. The number of ether oxygens (including phenoxy) is 1. The predicted molar refractivity (Wildman–Crippen MR) is 114 cm³/mol. The SMILES string of the molecule is COc1cccc(C(=O)N(C)[C@H]2CCCN(C(=O)CN3CCC(C)CC3)CC2)c1. The molecule has 2 amide bonds. The van der Waals surface area contributed by atoms with E-state index in [9.17, 15) is 9.59 Å². The Bertz CT molecular complexity index is 700. The molecule has 0 bridgehead atoms. The monoisotopic (exact) mass is 401 g/mol. The Morgan fingerprint density at radius 3 is 2.59 bits per heavy atom. The Labute approximate surface area is 174 Å². The predicted octanol–water partition coefficient (Wildman–Crippen LogP) is 2.88. The molecule has 6 heteroatoms. The molecule has 6 nitrogen and oxygen atoms in total. The average molecular weight is 402 g/mol. The molecule has 1 aromatic rings. The largest absolute Gasteiger partial charge is 0.497 e. The second kappa shape index (κ2) is 10.1. The van der Waals surface area contributed by atoms with Crippen molar-refractivity contribution in [2.75, 3.05) is 46.9 Å². The third-order valence-corrected chi connectivity index (χ3v) is 6.47. The zero-order valence-corrected chi connectivity index (χ0v) is 18.1. The topological polar surface area (TPSA) is 53.1 Å². The number of nitrogens with zero attached hydrogens (tertiary/aromatic N) is 3. The number of hydrogen-bond acceptors (Lipinski definition) is 4. The Morgan fingerprint density at radius 1 is 1.10 bits per heavy atom. The minimum atomic E-state index is 0.0103. The van der Waals surface area contributed by atoms with E-state index in [1.165, 1.54) is 12.8 Å². The van der Waals surface area contributed by atoms with E-state index in [1.807, 2.05) is 35.0 Å². The van der Waals surface area contributed by atoms with E-state index >= 15 is 0 Å². The maximum atomic E-state index is 12.9. The zero-order chi connectivity index (χ0) is 20.8. The summed E-state index contributed by atoms with van der Waals surface area (Å²) in [5, 5.41) is 0. The fourth-order valence-corrected chi connectivity index (χ4v) is 4.35. The van der Waals surface area contributed by atoms with Gasteiger partial charge < -0.3 is 14.5 Å². The zero-order valence-electron chi connectivity index (χ0n) is 18.1. The van der Waals surface area contributed by atoms with Gasteiger partial charge in [0.25, 0.3) is 5.91 Å². The number of hydrogen-bond donors (Lipinski definition) is 0. The number of carbonyl (C=O) groups excluding carboxylic acids is 2. The van der Waals surface area contributed by atoms with Gasteiger partial charge in [-0.25, -0.2) is 0 Å². The number of benzene rings is 1. The van der Waals surface area contributed by atoms with E-state index in [1.54, 1.807) is 13.2 Å². The standard InChI is InChI=1S/C23H35N3O3/c1-18-9-13-25(14-10-18)17-22(27)26-12-5-7-20(11-15-26)24(2)23(28)19-6-4-8-21(16-19)29-3/h4,6,8,16,18,20H,5,7,9-15,17H2,1-3H3/t20-/m0/s1. The van der Waals surface area contributed by atoms with Crippen LogP contribution in [0.2, 0.25) is 0 Å². The number of likely N-dealkylation sites (tertiary alicyclic amines) is 2. The second-order valence-corrected chi connectivity index (χ2v) is 8.57. The van der Waals surface area contributed by atoms with E-state index in [0.717, 1.165) is 51.4 Å². The number of rotatable bonds is 5. The van der Waals surface area contributed by atoms with Crippen LogP contribution < -0.4 is 4.74 Å². The van der Waals surface area contributed by atoms with Crippen molar-refractivity contribution >= 4 is 11.8 Å². The van der Waals surface area contributed by atoms with Crippen LogP contribution in [0.4, 0.5) is 0 Å². The fraction of sp³-hybridized carbons (Fsp3) is 0.652. The molecule has 3 rings (SSSR count). The van der Waals surface area contributed by atoms with Crippen molar-refractivity contribution in [3.05, 3.63) is 29.8 Å². The summed E-state index contributed by atoms with van der Waals surface area (Å²) in [6.45, 7) is 6.40. The average Bonchev–Trinajstić information content (AvgIpc) is 3.00.